The average Bonchev–Trinajstić information content (AvgIpc) is 2.74. The highest BCUT2D eigenvalue weighted by atomic mass is 19.1. The summed E-state index contributed by atoms with van der Waals surface area (Å²) in [5.41, 5.74) is 0.136. The van der Waals surface area contributed by atoms with Gasteiger partial charge in [0.25, 0.3) is 5.91 Å². The number of carbonyl (C=O) groups is 1. The number of hydrogen-bond donors (Lipinski definition) is 0. The third kappa shape index (κ3) is 3.86. The minimum atomic E-state index is -0.468. The van der Waals surface area contributed by atoms with E-state index in [1.165, 1.54) is 31.4 Å². The molecule has 0 saturated carbocycles. The van der Waals surface area contributed by atoms with Gasteiger partial charge in [0, 0.05) is 39.3 Å². The first-order chi connectivity index (χ1) is 13.2. The van der Waals surface area contributed by atoms with Crippen molar-refractivity contribution in [3.63, 3.8) is 0 Å². The van der Waals surface area contributed by atoms with E-state index >= 15 is 0 Å². The maximum atomic E-state index is 13.8. The standard InChI is InChI=1S/C20H24FN5O/c21-17-7-3-2-6-16(17)20(27)26-14-12-25(13-15-26)19-9-8-18(22-23-19)24-10-4-1-5-11-24/h2-3,6-9H,1,4-5,10-15H2. The predicted octanol–water partition coefficient (Wildman–Crippen LogP) is 2.57. The van der Waals surface area contributed by atoms with Crippen LogP contribution in [-0.4, -0.2) is 60.3 Å². The molecule has 1 amide bonds. The molecule has 2 fully saturated rings. The van der Waals surface area contributed by atoms with E-state index in [4.69, 9.17) is 0 Å². The fraction of sp³-hybridized carbons (Fsp3) is 0.450. The van der Waals surface area contributed by atoms with Gasteiger partial charge < -0.3 is 14.7 Å². The minimum Gasteiger partial charge on any atom is -0.355 e. The fourth-order valence-corrected chi connectivity index (χ4v) is 3.72. The van der Waals surface area contributed by atoms with Crippen molar-refractivity contribution in [2.45, 2.75) is 19.3 Å². The van der Waals surface area contributed by atoms with Crippen LogP contribution in [0.4, 0.5) is 16.0 Å². The highest BCUT2D eigenvalue weighted by Crippen LogP contribution is 2.20. The Hall–Kier alpha value is -2.70. The molecule has 0 N–H and O–H groups in total. The largest absolute Gasteiger partial charge is 0.355 e. The summed E-state index contributed by atoms with van der Waals surface area (Å²) in [5.74, 6) is 1.05. The van der Waals surface area contributed by atoms with Crippen LogP contribution < -0.4 is 9.80 Å². The van der Waals surface area contributed by atoms with E-state index < -0.39 is 5.82 Å². The van der Waals surface area contributed by atoms with Gasteiger partial charge in [-0.25, -0.2) is 4.39 Å². The normalized spacial score (nSPS) is 17.9. The first-order valence-corrected chi connectivity index (χ1v) is 9.60. The lowest BCUT2D eigenvalue weighted by Gasteiger charge is -2.35. The molecule has 6 nitrogen and oxygen atoms in total. The van der Waals surface area contributed by atoms with E-state index in [1.54, 1.807) is 17.0 Å². The summed E-state index contributed by atoms with van der Waals surface area (Å²) in [5, 5.41) is 8.79. The smallest absolute Gasteiger partial charge is 0.256 e. The monoisotopic (exact) mass is 369 g/mol. The van der Waals surface area contributed by atoms with Crippen molar-refractivity contribution in [2.24, 2.45) is 0 Å². The Kier molecular flexibility index (Phi) is 5.18. The summed E-state index contributed by atoms with van der Waals surface area (Å²) < 4.78 is 13.8. The lowest BCUT2D eigenvalue weighted by atomic mass is 10.1. The molecule has 2 saturated heterocycles. The molecule has 0 aliphatic carbocycles. The van der Waals surface area contributed by atoms with Gasteiger partial charge in [-0.1, -0.05) is 12.1 Å². The first-order valence-electron chi connectivity index (χ1n) is 9.60. The lowest BCUT2D eigenvalue weighted by Crippen LogP contribution is -2.49. The summed E-state index contributed by atoms with van der Waals surface area (Å²) in [7, 11) is 0. The Balaban J connectivity index is 1.36. The molecule has 0 radical (unpaired) electrons. The van der Waals surface area contributed by atoms with Crippen molar-refractivity contribution in [1.29, 1.82) is 0 Å². The molecule has 0 spiro atoms. The van der Waals surface area contributed by atoms with Crippen LogP contribution in [0.2, 0.25) is 0 Å². The zero-order valence-electron chi connectivity index (χ0n) is 15.4. The summed E-state index contributed by atoms with van der Waals surface area (Å²) in [6, 6.07) is 10.2. The molecule has 1 aromatic heterocycles. The fourth-order valence-electron chi connectivity index (χ4n) is 3.72. The highest BCUT2D eigenvalue weighted by Gasteiger charge is 2.24. The molecule has 0 bridgehead atoms. The van der Waals surface area contributed by atoms with Gasteiger partial charge in [0.15, 0.2) is 11.6 Å². The van der Waals surface area contributed by atoms with Gasteiger partial charge in [0.1, 0.15) is 5.82 Å². The number of rotatable bonds is 3. The van der Waals surface area contributed by atoms with Gasteiger partial charge in [-0.2, -0.15) is 0 Å². The Bertz CT molecular complexity index is 783. The second kappa shape index (κ2) is 7.90. The van der Waals surface area contributed by atoms with Gasteiger partial charge in [-0.3, -0.25) is 4.79 Å². The zero-order chi connectivity index (χ0) is 18.6. The summed E-state index contributed by atoms with van der Waals surface area (Å²) >= 11 is 0. The maximum absolute atomic E-state index is 13.8. The van der Waals surface area contributed by atoms with Crippen LogP contribution in [0.3, 0.4) is 0 Å². The van der Waals surface area contributed by atoms with E-state index in [-0.39, 0.29) is 11.5 Å². The summed E-state index contributed by atoms with van der Waals surface area (Å²) in [6.45, 7) is 4.51. The van der Waals surface area contributed by atoms with Crippen molar-refractivity contribution in [3.05, 3.63) is 47.8 Å². The van der Waals surface area contributed by atoms with Crippen molar-refractivity contribution in [1.82, 2.24) is 15.1 Å². The zero-order valence-corrected chi connectivity index (χ0v) is 15.4. The van der Waals surface area contributed by atoms with E-state index in [0.717, 1.165) is 24.7 Å². The van der Waals surface area contributed by atoms with Crippen molar-refractivity contribution in [2.75, 3.05) is 49.1 Å². The molecule has 0 unspecified atom stereocenters. The number of hydrogen-bond acceptors (Lipinski definition) is 5. The molecule has 2 aliphatic heterocycles. The van der Waals surface area contributed by atoms with Crippen molar-refractivity contribution >= 4 is 17.5 Å². The third-order valence-electron chi connectivity index (χ3n) is 5.31. The quantitative estimate of drug-likeness (QED) is 0.832. The molecular weight excluding hydrogens is 345 g/mol. The number of amides is 1. The molecule has 4 rings (SSSR count). The number of piperazine rings is 1. The topological polar surface area (TPSA) is 52.6 Å². The Labute approximate surface area is 158 Å². The maximum Gasteiger partial charge on any atom is 0.256 e. The molecule has 2 aliphatic rings. The van der Waals surface area contributed by atoms with Crippen LogP contribution in [-0.2, 0) is 0 Å². The van der Waals surface area contributed by atoms with Crippen LogP contribution in [0.15, 0.2) is 36.4 Å². The first kappa shape index (κ1) is 17.7. The van der Waals surface area contributed by atoms with Gasteiger partial charge in [0.05, 0.1) is 5.56 Å². The molecular formula is C20H24FN5O. The van der Waals surface area contributed by atoms with E-state index in [0.29, 0.717) is 26.2 Å². The highest BCUT2D eigenvalue weighted by molar-refractivity contribution is 5.94. The predicted molar refractivity (Wildman–Crippen MR) is 103 cm³/mol. The van der Waals surface area contributed by atoms with Gasteiger partial charge >= 0.3 is 0 Å². The molecule has 0 atom stereocenters. The van der Waals surface area contributed by atoms with Crippen LogP contribution in [0, 0.1) is 5.82 Å². The van der Waals surface area contributed by atoms with Crippen molar-refractivity contribution < 1.29 is 9.18 Å². The molecule has 27 heavy (non-hydrogen) atoms. The number of nitrogens with zero attached hydrogens (tertiary/aromatic N) is 5. The molecule has 2 aromatic rings. The van der Waals surface area contributed by atoms with Crippen LogP contribution >= 0.6 is 0 Å². The van der Waals surface area contributed by atoms with E-state index in [2.05, 4.69) is 20.0 Å². The Morgan fingerprint density at radius 3 is 1.96 bits per heavy atom. The molecule has 3 heterocycles. The number of aromatic nitrogens is 2. The molecule has 142 valence electrons. The number of piperidine rings is 1. The van der Waals surface area contributed by atoms with Crippen LogP contribution in [0.25, 0.3) is 0 Å². The minimum absolute atomic E-state index is 0.136. The number of benzene rings is 1. The van der Waals surface area contributed by atoms with Gasteiger partial charge in [-0.05, 0) is 43.5 Å². The van der Waals surface area contributed by atoms with Crippen LogP contribution in [0.5, 0.6) is 0 Å². The summed E-state index contributed by atoms with van der Waals surface area (Å²) in [6.07, 6.45) is 3.71. The van der Waals surface area contributed by atoms with Gasteiger partial charge in [0.2, 0.25) is 0 Å². The lowest BCUT2D eigenvalue weighted by molar-refractivity contribution is 0.0742. The second-order valence-electron chi connectivity index (χ2n) is 7.06. The van der Waals surface area contributed by atoms with E-state index in [9.17, 15) is 9.18 Å². The Morgan fingerprint density at radius 2 is 1.37 bits per heavy atom. The average molecular weight is 369 g/mol. The number of anilines is 2. The van der Waals surface area contributed by atoms with Crippen molar-refractivity contribution in [3.8, 4) is 0 Å². The summed E-state index contributed by atoms with van der Waals surface area (Å²) in [4.78, 5) is 18.6. The number of carbonyl (C=O) groups excluding carboxylic acids is 1. The number of halogens is 1. The van der Waals surface area contributed by atoms with E-state index in [1.807, 2.05) is 12.1 Å². The Morgan fingerprint density at radius 1 is 0.778 bits per heavy atom. The molecule has 7 heteroatoms. The van der Waals surface area contributed by atoms with Gasteiger partial charge in [-0.15, -0.1) is 10.2 Å². The SMILES string of the molecule is O=C(c1ccccc1F)N1CCN(c2ccc(N3CCCCC3)nn2)CC1. The second-order valence-corrected chi connectivity index (χ2v) is 7.06. The third-order valence-corrected chi connectivity index (χ3v) is 5.31. The molecule has 1 aromatic carbocycles. The van der Waals surface area contributed by atoms with Crippen LogP contribution in [0.1, 0.15) is 29.6 Å².